The van der Waals surface area contributed by atoms with Crippen LogP contribution in [0.3, 0.4) is 0 Å². The maximum Gasteiger partial charge on any atom is 0.258 e. The molecule has 0 bridgehead atoms. The van der Waals surface area contributed by atoms with E-state index in [-0.39, 0.29) is 5.56 Å². The van der Waals surface area contributed by atoms with Gasteiger partial charge in [0, 0.05) is 38.8 Å². The summed E-state index contributed by atoms with van der Waals surface area (Å²) in [4.78, 5) is 24.7. The van der Waals surface area contributed by atoms with Crippen LogP contribution in [0.15, 0.2) is 29.1 Å². The lowest BCUT2D eigenvalue weighted by atomic mass is 10.1. The van der Waals surface area contributed by atoms with Gasteiger partial charge in [0.1, 0.15) is 5.82 Å². The van der Waals surface area contributed by atoms with Gasteiger partial charge in [0.25, 0.3) is 5.56 Å². The zero-order valence-corrected chi connectivity index (χ0v) is 15.2. The molecule has 6 heteroatoms. The van der Waals surface area contributed by atoms with Crippen molar-refractivity contribution >= 4 is 10.9 Å². The van der Waals surface area contributed by atoms with E-state index < -0.39 is 0 Å². The Morgan fingerprint density at radius 1 is 1.28 bits per heavy atom. The summed E-state index contributed by atoms with van der Waals surface area (Å²) in [6.07, 6.45) is 1.12. The molecule has 2 heterocycles. The number of aromatic nitrogens is 2. The third-order valence-corrected chi connectivity index (χ3v) is 4.92. The molecule has 136 valence electrons. The first-order valence-electron chi connectivity index (χ1n) is 9.23. The van der Waals surface area contributed by atoms with Gasteiger partial charge in [-0.2, -0.15) is 0 Å². The van der Waals surface area contributed by atoms with Crippen molar-refractivity contribution in [3.63, 3.8) is 0 Å². The lowest BCUT2D eigenvalue weighted by molar-refractivity contribution is 0.0377. The van der Waals surface area contributed by atoms with Crippen molar-refractivity contribution in [2.75, 3.05) is 39.4 Å². The van der Waals surface area contributed by atoms with Crippen LogP contribution in [0.25, 0.3) is 10.9 Å². The molecule has 0 radical (unpaired) electrons. The van der Waals surface area contributed by atoms with Crippen LogP contribution in [-0.2, 0) is 11.3 Å². The highest BCUT2D eigenvalue weighted by atomic mass is 16.5. The Morgan fingerprint density at radius 3 is 2.92 bits per heavy atom. The molecule has 1 fully saturated rings. The maximum absolute atomic E-state index is 12.2. The van der Waals surface area contributed by atoms with Crippen LogP contribution in [0, 0.1) is 0 Å². The Labute approximate surface area is 148 Å². The van der Waals surface area contributed by atoms with E-state index in [0.717, 1.165) is 57.2 Å². The highest BCUT2D eigenvalue weighted by molar-refractivity contribution is 5.77. The second-order valence-electron chi connectivity index (χ2n) is 6.56. The number of H-pyrrole nitrogens is 1. The first-order valence-corrected chi connectivity index (χ1v) is 9.23. The van der Waals surface area contributed by atoms with Crippen molar-refractivity contribution in [3.8, 4) is 0 Å². The molecular formula is C19H28N4O2. The van der Waals surface area contributed by atoms with E-state index >= 15 is 0 Å². The molecule has 1 aliphatic rings. The highest BCUT2D eigenvalue weighted by Gasteiger charge is 2.25. The van der Waals surface area contributed by atoms with Gasteiger partial charge in [-0.3, -0.25) is 14.6 Å². The van der Waals surface area contributed by atoms with Gasteiger partial charge in [-0.15, -0.1) is 0 Å². The van der Waals surface area contributed by atoms with Gasteiger partial charge in [0.2, 0.25) is 0 Å². The predicted molar refractivity (Wildman–Crippen MR) is 99.8 cm³/mol. The Morgan fingerprint density at radius 2 is 2.12 bits per heavy atom. The lowest BCUT2D eigenvalue weighted by Gasteiger charge is -2.41. The smallest absolute Gasteiger partial charge is 0.258 e. The van der Waals surface area contributed by atoms with Gasteiger partial charge in [-0.05, 0) is 25.5 Å². The number of benzene rings is 1. The fraction of sp³-hybridized carbons (Fsp3) is 0.579. The summed E-state index contributed by atoms with van der Waals surface area (Å²) in [5.41, 5.74) is 0.714. The van der Waals surface area contributed by atoms with Crippen molar-refractivity contribution < 1.29 is 4.74 Å². The van der Waals surface area contributed by atoms with E-state index in [1.165, 1.54) is 0 Å². The van der Waals surface area contributed by atoms with Crippen molar-refractivity contribution in [2.24, 2.45) is 0 Å². The fourth-order valence-electron chi connectivity index (χ4n) is 3.53. The molecule has 0 amide bonds. The summed E-state index contributed by atoms with van der Waals surface area (Å²) in [5, 5.41) is 0.651. The van der Waals surface area contributed by atoms with Crippen LogP contribution in [0.2, 0.25) is 0 Å². The topological polar surface area (TPSA) is 61.5 Å². The molecule has 0 unspecified atom stereocenters. The molecule has 1 saturated heterocycles. The van der Waals surface area contributed by atoms with Crippen LogP contribution in [-0.4, -0.2) is 65.2 Å². The number of piperazine rings is 1. The molecule has 1 atom stereocenters. The van der Waals surface area contributed by atoms with Crippen LogP contribution in [0.5, 0.6) is 0 Å². The number of ether oxygens (including phenoxy) is 1. The zero-order valence-electron chi connectivity index (χ0n) is 15.2. The fourth-order valence-corrected chi connectivity index (χ4v) is 3.53. The van der Waals surface area contributed by atoms with Gasteiger partial charge in [-0.25, -0.2) is 4.98 Å². The van der Waals surface area contributed by atoms with Crippen LogP contribution >= 0.6 is 0 Å². The summed E-state index contributed by atoms with van der Waals surface area (Å²) >= 11 is 0. The van der Waals surface area contributed by atoms with Crippen LogP contribution in [0.1, 0.15) is 26.1 Å². The first-order chi connectivity index (χ1) is 12.2. The minimum absolute atomic E-state index is 0.0528. The van der Waals surface area contributed by atoms with E-state index in [4.69, 9.17) is 4.74 Å². The van der Waals surface area contributed by atoms with Gasteiger partial charge < -0.3 is 9.72 Å². The largest absolute Gasteiger partial charge is 0.380 e. The van der Waals surface area contributed by atoms with Crippen molar-refractivity contribution in [1.82, 2.24) is 19.8 Å². The average Bonchev–Trinajstić information content (AvgIpc) is 2.63. The number of rotatable bonds is 7. The summed E-state index contributed by atoms with van der Waals surface area (Å²) in [5.74, 6) is 0.751. The summed E-state index contributed by atoms with van der Waals surface area (Å²) in [7, 11) is 0. The molecule has 2 aromatic rings. The van der Waals surface area contributed by atoms with Crippen molar-refractivity contribution in [2.45, 2.75) is 32.9 Å². The molecule has 6 nitrogen and oxygen atoms in total. The van der Waals surface area contributed by atoms with E-state index in [9.17, 15) is 4.79 Å². The molecule has 3 rings (SSSR count). The van der Waals surface area contributed by atoms with Gasteiger partial charge >= 0.3 is 0 Å². The first kappa shape index (κ1) is 18.0. The number of aromatic amines is 1. The molecule has 0 saturated carbocycles. The minimum Gasteiger partial charge on any atom is -0.380 e. The van der Waals surface area contributed by atoms with E-state index in [1.54, 1.807) is 0 Å². The molecule has 25 heavy (non-hydrogen) atoms. The molecular weight excluding hydrogens is 316 g/mol. The third-order valence-electron chi connectivity index (χ3n) is 4.92. The minimum atomic E-state index is -0.0528. The summed E-state index contributed by atoms with van der Waals surface area (Å²) in [6, 6.07) is 8.03. The summed E-state index contributed by atoms with van der Waals surface area (Å²) in [6.45, 7) is 10.5. The monoisotopic (exact) mass is 344 g/mol. The normalized spacial score (nSPS) is 19.5. The summed E-state index contributed by atoms with van der Waals surface area (Å²) < 4.78 is 5.50. The van der Waals surface area contributed by atoms with Crippen LogP contribution in [0.4, 0.5) is 0 Å². The highest BCUT2D eigenvalue weighted by Crippen LogP contribution is 2.15. The third kappa shape index (κ3) is 4.45. The lowest BCUT2D eigenvalue weighted by Crippen LogP contribution is -2.53. The Hall–Kier alpha value is -1.76. The second-order valence-corrected chi connectivity index (χ2v) is 6.56. The van der Waals surface area contributed by atoms with Gasteiger partial charge in [0.15, 0.2) is 0 Å². The van der Waals surface area contributed by atoms with Gasteiger partial charge in [-0.1, -0.05) is 19.1 Å². The Balaban J connectivity index is 1.65. The number of hydrogen-bond donors (Lipinski definition) is 1. The number of fused-ring (bicyclic) bond motifs is 1. The number of nitrogens with zero attached hydrogens (tertiary/aromatic N) is 3. The zero-order chi connectivity index (χ0) is 17.6. The van der Waals surface area contributed by atoms with E-state index in [0.29, 0.717) is 18.0 Å². The van der Waals surface area contributed by atoms with Crippen LogP contribution < -0.4 is 5.56 Å². The van der Waals surface area contributed by atoms with Gasteiger partial charge in [0.05, 0.1) is 24.1 Å². The van der Waals surface area contributed by atoms with E-state index in [2.05, 4.69) is 26.7 Å². The van der Waals surface area contributed by atoms with E-state index in [1.807, 2.05) is 31.2 Å². The van der Waals surface area contributed by atoms with Crippen molar-refractivity contribution in [3.05, 3.63) is 40.4 Å². The Bertz CT molecular complexity index is 746. The molecule has 0 aliphatic carbocycles. The maximum atomic E-state index is 12.2. The number of nitrogens with one attached hydrogen (secondary N) is 1. The standard InChI is InChI=1S/C19H28N4O2/c1-3-15-13-22(9-10-23(15)11-12-25-4-2)14-18-20-17-8-6-5-7-16(17)19(24)21-18/h5-8,15H,3-4,9-14H2,1-2H3,(H,20,21,24)/t15-/m1/s1. The quantitative estimate of drug-likeness (QED) is 0.777. The SMILES string of the molecule is CCOCCN1CCN(Cc2nc3ccccc3c(=O)[nH]2)C[C@H]1CC. The second kappa shape index (κ2) is 8.56. The predicted octanol–water partition coefficient (Wildman–Crippen LogP) is 1.86. The average molecular weight is 344 g/mol. The molecule has 1 aromatic carbocycles. The Kier molecular flexibility index (Phi) is 6.18. The molecule has 1 aliphatic heterocycles. The molecule has 1 aromatic heterocycles. The number of hydrogen-bond acceptors (Lipinski definition) is 5. The number of para-hydroxylation sites is 1. The molecule has 1 N–H and O–H groups in total. The van der Waals surface area contributed by atoms with Crippen molar-refractivity contribution in [1.29, 1.82) is 0 Å². The molecule has 0 spiro atoms.